The quantitative estimate of drug-likeness (QED) is 0.735. The smallest absolute Gasteiger partial charge is 0.238 e. The van der Waals surface area contributed by atoms with Crippen LogP contribution in [0.4, 0.5) is 10.1 Å². The number of piperidine rings is 1. The van der Waals surface area contributed by atoms with Crippen LogP contribution in [-0.2, 0) is 4.79 Å². The topological polar surface area (TPSA) is 88.0 Å². The van der Waals surface area contributed by atoms with E-state index in [1.165, 1.54) is 29.6 Å². The Balaban J connectivity index is 0.00000261. The Labute approximate surface area is 163 Å². The Morgan fingerprint density at radius 3 is 2.78 bits per heavy atom. The zero-order chi connectivity index (χ0) is 18.4. The molecule has 1 aliphatic heterocycles. The van der Waals surface area contributed by atoms with Gasteiger partial charge in [-0.2, -0.15) is 0 Å². The summed E-state index contributed by atoms with van der Waals surface area (Å²) < 4.78 is 15.4. The third kappa shape index (κ3) is 5.95. The lowest BCUT2D eigenvalue weighted by Gasteiger charge is -2.31. The molecule has 0 radical (unpaired) electrons. The number of anilines is 1. The van der Waals surface area contributed by atoms with Crippen molar-refractivity contribution in [3.63, 3.8) is 0 Å². The Kier molecular flexibility index (Phi) is 8.08. The first-order valence-corrected chi connectivity index (χ1v) is 8.85. The molecule has 1 saturated heterocycles. The van der Waals surface area contributed by atoms with Crippen LogP contribution in [-0.4, -0.2) is 64.2 Å². The second kappa shape index (κ2) is 10.3. The lowest BCUT2D eigenvalue weighted by Crippen LogP contribution is -2.39. The fourth-order valence-electron chi connectivity index (χ4n) is 3.21. The molecule has 1 aliphatic rings. The van der Waals surface area contributed by atoms with E-state index in [-0.39, 0.29) is 30.5 Å². The number of benzene rings is 1. The van der Waals surface area contributed by atoms with Crippen LogP contribution in [0, 0.1) is 11.7 Å². The van der Waals surface area contributed by atoms with E-state index in [4.69, 9.17) is 0 Å². The molecule has 8 nitrogen and oxygen atoms in total. The highest BCUT2D eigenvalue weighted by atomic mass is 35.5. The number of nitrogens with one attached hydrogen (secondary N) is 2. The van der Waals surface area contributed by atoms with Gasteiger partial charge in [-0.05, 0) is 80.5 Å². The summed E-state index contributed by atoms with van der Waals surface area (Å²) in [6.07, 6.45) is 4.78. The normalized spacial score (nSPS) is 15.3. The number of hydrogen-bond acceptors (Lipinski definition) is 6. The van der Waals surface area contributed by atoms with E-state index in [2.05, 4.69) is 31.1 Å². The molecule has 0 aliphatic carbocycles. The Bertz CT molecular complexity index is 720. The van der Waals surface area contributed by atoms with Gasteiger partial charge >= 0.3 is 0 Å². The summed E-state index contributed by atoms with van der Waals surface area (Å²) in [6, 6.07) is 4.37. The predicted octanol–water partition coefficient (Wildman–Crippen LogP) is 1.48. The van der Waals surface area contributed by atoms with Crippen LogP contribution in [0.5, 0.6) is 0 Å². The molecule has 3 rings (SSSR count). The molecule has 1 fully saturated rings. The molecule has 0 bridgehead atoms. The fourth-order valence-corrected chi connectivity index (χ4v) is 3.21. The zero-order valence-electron chi connectivity index (χ0n) is 15.3. The Hall–Kier alpha value is -2.10. The van der Waals surface area contributed by atoms with Gasteiger partial charge in [0.15, 0.2) is 0 Å². The van der Waals surface area contributed by atoms with Crippen molar-refractivity contribution < 1.29 is 9.18 Å². The fraction of sp³-hybridized carbons (Fsp3) is 0.529. The summed E-state index contributed by atoms with van der Waals surface area (Å²) in [6.45, 7) is 3.10. The van der Waals surface area contributed by atoms with Crippen LogP contribution >= 0.6 is 12.4 Å². The monoisotopic (exact) mass is 397 g/mol. The van der Waals surface area contributed by atoms with Crippen LogP contribution in [0.2, 0.25) is 0 Å². The van der Waals surface area contributed by atoms with Crippen LogP contribution in [0.3, 0.4) is 0 Å². The highest BCUT2D eigenvalue weighted by Gasteiger charge is 2.21. The molecule has 0 unspecified atom stereocenters. The van der Waals surface area contributed by atoms with E-state index >= 15 is 0 Å². The van der Waals surface area contributed by atoms with Crippen LogP contribution in [0.25, 0.3) is 5.69 Å². The molecule has 0 spiro atoms. The number of aromatic nitrogens is 4. The van der Waals surface area contributed by atoms with Gasteiger partial charge in [0.1, 0.15) is 12.1 Å². The standard InChI is InChI=1S/C17H24FN7O.ClH/c1-19-7-4-13-5-8-24(9-6-13)11-17(26)21-16-10-14(2-3-15(16)18)25-12-20-22-23-25;/h2-3,10,12-13,19H,4-9,11H2,1H3,(H,21,26);1H. The molecular formula is C17H25ClFN7O. The maximum absolute atomic E-state index is 14.0. The highest BCUT2D eigenvalue weighted by molar-refractivity contribution is 5.92. The highest BCUT2D eigenvalue weighted by Crippen LogP contribution is 2.21. The Morgan fingerprint density at radius 1 is 1.33 bits per heavy atom. The number of hydrogen-bond donors (Lipinski definition) is 2. The first-order chi connectivity index (χ1) is 12.7. The minimum atomic E-state index is -0.485. The molecule has 0 saturated carbocycles. The maximum Gasteiger partial charge on any atom is 0.238 e. The largest absolute Gasteiger partial charge is 0.322 e. The second-order valence-electron chi connectivity index (χ2n) is 6.58. The predicted molar refractivity (Wildman–Crippen MR) is 103 cm³/mol. The van der Waals surface area contributed by atoms with E-state index < -0.39 is 5.82 Å². The third-order valence-electron chi connectivity index (χ3n) is 4.71. The zero-order valence-corrected chi connectivity index (χ0v) is 16.1. The molecule has 2 N–H and O–H groups in total. The molecule has 1 amide bonds. The summed E-state index contributed by atoms with van der Waals surface area (Å²) >= 11 is 0. The maximum atomic E-state index is 14.0. The van der Waals surface area contributed by atoms with E-state index in [0.717, 1.165) is 32.5 Å². The number of carbonyl (C=O) groups is 1. The molecule has 27 heavy (non-hydrogen) atoms. The summed E-state index contributed by atoms with van der Waals surface area (Å²) in [5.74, 6) is 0.0135. The average Bonchev–Trinajstić information content (AvgIpc) is 3.17. The second-order valence-corrected chi connectivity index (χ2v) is 6.58. The summed E-state index contributed by atoms with van der Waals surface area (Å²) in [5.41, 5.74) is 0.712. The minimum Gasteiger partial charge on any atom is -0.322 e. The van der Waals surface area contributed by atoms with Gasteiger partial charge < -0.3 is 10.6 Å². The minimum absolute atomic E-state index is 0. The van der Waals surface area contributed by atoms with Crippen molar-refractivity contribution in [2.45, 2.75) is 19.3 Å². The average molecular weight is 398 g/mol. The van der Waals surface area contributed by atoms with Gasteiger partial charge in [0.25, 0.3) is 0 Å². The van der Waals surface area contributed by atoms with Gasteiger partial charge in [-0.3, -0.25) is 9.69 Å². The third-order valence-corrected chi connectivity index (χ3v) is 4.71. The van der Waals surface area contributed by atoms with Gasteiger partial charge in [0, 0.05) is 0 Å². The number of rotatable bonds is 7. The van der Waals surface area contributed by atoms with Crippen molar-refractivity contribution in [2.75, 3.05) is 38.5 Å². The number of likely N-dealkylation sites (tertiary alicyclic amines) is 1. The number of tetrazole rings is 1. The van der Waals surface area contributed by atoms with Crippen molar-refractivity contribution in [3.8, 4) is 5.69 Å². The number of carbonyl (C=O) groups excluding carboxylic acids is 1. The molecule has 0 atom stereocenters. The van der Waals surface area contributed by atoms with Crippen molar-refractivity contribution in [1.82, 2.24) is 30.4 Å². The van der Waals surface area contributed by atoms with Gasteiger partial charge in [-0.15, -0.1) is 17.5 Å². The van der Waals surface area contributed by atoms with Crippen LogP contribution in [0.15, 0.2) is 24.5 Å². The van der Waals surface area contributed by atoms with E-state index in [1.807, 2.05) is 7.05 Å². The molecular weight excluding hydrogens is 373 g/mol. The van der Waals surface area contributed by atoms with E-state index in [0.29, 0.717) is 11.6 Å². The summed E-state index contributed by atoms with van der Waals surface area (Å²) in [7, 11) is 1.97. The van der Waals surface area contributed by atoms with Crippen molar-refractivity contribution in [1.29, 1.82) is 0 Å². The van der Waals surface area contributed by atoms with E-state index in [1.54, 1.807) is 6.07 Å². The molecule has 148 valence electrons. The molecule has 10 heteroatoms. The molecule has 1 aromatic heterocycles. The molecule has 2 aromatic rings. The van der Waals surface area contributed by atoms with Gasteiger partial charge in [0.2, 0.25) is 5.91 Å². The first kappa shape index (κ1) is 21.2. The van der Waals surface area contributed by atoms with Gasteiger partial charge in [-0.1, -0.05) is 0 Å². The SMILES string of the molecule is CNCCC1CCN(CC(=O)Nc2cc(-n3cnnn3)ccc2F)CC1.Cl. The van der Waals surface area contributed by atoms with Crippen molar-refractivity contribution in [3.05, 3.63) is 30.3 Å². The molecule has 2 heterocycles. The lowest BCUT2D eigenvalue weighted by molar-refractivity contribution is -0.117. The Morgan fingerprint density at radius 2 is 2.11 bits per heavy atom. The number of amides is 1. The first-order valence-electron chi connectivity index (χ1n) is 8.85. The van der Waals surface area contributed by atoms with Crippen molar-refractivity contribution >= 4 is 24.0 Å². The van der Waals surface area contributed by atoms with Crippen molar-refractivity contribution in [2.24, 2.45) is 5.92 Å². The molecule has 1 aromatic carbocycles. The van der Waals surface area contributed by atoms with Crippen LogP contribution in [0.1, 0.15) is 19.3 Å². The van der Waals surface area contributed by atoms with Crippen LogP contribution < -0.4 is 10.6 Å². The van der Waals surface area contributed by atoms with Gasteiger partial charge in [0.05, 0.1) is 17.9 Å². The van der Waals surface area contributed by atoms with E-state index in [9.17, 15) is 9.18 Å². The summed E-state index contributed by atoms with van der Waals surface area (Å²) in [4.78, 5) is 14.4. The number of halogens is 2. The number of nitrogens with zero attached hydrogens (tertiary/aromatic N) is 5. The van der Waals surface area contributed by atoms with Gasteiger partial charge in [-0.25, -0.2) is 9.07 Å². The summed E-state index contributed by atoms with van der Waals surface area (Å²) in [5, 5.41) is 16.7. The lowest BCUT2D eigenvalue weighted by atomic mass is 9.93.